The van der Waals surface area contributed by atoms with Crippen molar-refractivity contribution in [2.24, 2.45) is 0 Å². The molecule has 1 aliphatic heterocycles. The third kappa shape index (κ3) is 3.75. The van der Waals surface area contributed by atoms with Crippen molar-refractivity contribution >= 4 is 23.5 Å². The number of nitrogens with zero attached hydrogens (tertiary/aromatic N) is 2. The molecule has 2 rings (SSSR count). The highest BCUT2D eigenvalue weighted by Gasteiger charge is 2.25. The Morgan fingerprint density at radius 2 is 2.05 bits per heavy atom. The van der Waals surface area contributed by atoms with Gasteiger partial charge in [-0.3, -0.25) is 14.4 Å². The number of hydrogen-bond donors (Lipinski definition) is 1. The number of anilines is 1. The lowest BCUT2D eigenvalue weighted by molar-refractivity contribution is -0.138. The van der Waals surface area contributed by atoms with Crippen molar-refractivity contribution in [3.8, 4) is 5.75 Å². The smallest absolute Gasteiger partial charge is 0.305 e. The maximum absolute atomic E-state index is 12.0. The van der Waals surface area contributed by atoms with Gasteiger partial charge in [-0.05, 0) is 12.1 Å². The van der Waals surface area contributed by atoms with E-state index in [1.54, 1.807) is 25.2 Å². The standard InChI is InChI=1S/C15H18N2O5/c1-16(8-7-15(20)21)13(18)6-9-17-11-4-2-3-5-12(11)22-10-14(17)19/h2-5H,6-10H2,1H3,(H,20,21). The van der Waals surface area contributed by atoms with Crippen molar-refractivity contribution in [1.29, 1.82) is 0 Å². The Labute approximate surface area is 128 Å². The first-order valence-corrected chi connectivity index (χ1v) is 6.97. The molecule has 1 aromatic rings. The van der Waals surface area contributed by atoms with Gasteiger partial charge in [0, 0.05) is 26.6 Å². The Morgan fingerprint density at radius 1 is 1.32 bits per heavy atom. The third-order valence-corrected chi connectivity index (χ3v) is 3.44. The van der Waals surface area contributed by atoms with Crippen LogP contribution in [-0.2, 0) is 14.4 Å². The molecule has 0 saturated heterocycles. The summed E-state index contributed by atoms with van der Waals surface area (Å²) < 4.78 is 5.33. The molecule has 0 unspecified atom stereocenters. The predicted octanol–water partition coefficient (Wildman–Crippen LogP) is 0.735. The van der Waals surface area contributed by atoms with E-state index in [1.165, 1.54) is 9.80 Å². The van der Waals surface area contributed by atoms with Crippen LogP contribution in [0.15, 0.2) is 24.3 Å². The molecule has 0 aliphatic carbocycles. The van der Waals surface area contributed by atoms with Crippen molar-refractivity contribution in [1.82, 2.24) is 4.90 Å². The number of para-hydroxylation sites is 2. The summed E-state index contributed by atoms with van der Waals surface area (Å²) in [6.45, 7) is 0.358. The van der Waals surface area contributed by atoms with Gasteiger partial charge in [0.2, 0.25) is 5.91 Å². The number of benzene rings is 1. The van der Waals surface area contributed by atoms with Gasteiger partial charge >= 0.3 is 5.97 Å². The van der Waals surface area contributed by atoms with E-state index in [0.29, 0.717) is 11.4 Å². The lowest BCUT2D eigenvalue weighted by atomic mass is 10.2. The summed E-state index contributed by atoms with van der Waals surface area (Å²) in [5, 5.41) is 8.62. The van der Waals surface area contributed by atoms with E-state index in [1.807, 2.05) is 6.07 Å². The number of carbonyl (C=O) groups is 3. The SMILES string of the molecule is CN(CCC(=O)O)C(=O)CCN1C(=O)COc2ccccc21. The van der Waals surface area contributed by atoms with Gasteiger partial charge < -0.3 is 19.6 Å². The molecule has 1 heterocycles. The Bertz CT molecular complexity index is 587. The molecule has 0 radical (unpaired) electrons. The van der Waals surface area contributed by atoms with Crippen LogP contribution in [-0.4, -0.2) is 54.5 Å². The molecule has 1 N–H and O–H groups in total. The Morgan fingerprint density at radius 3 is 2.77 bits per heavy atom. The highest BCUT2D eigenvalue weighted by molar-refractivity contribution is 5.98. The zero-order valence-corrected chi connectivity index (χ0v) is 12.3. The van der Waals surface area contributed by atoms with Crippen LogP contribution in [0.1, 0.15) is 12.8 Å². The first-order chi connectivity index (χ1) is 10.5. The van der Waals surface area contributed by atoms with Crippen molar-refractivity contribution < 1.29 is 24.2 Å². The van der Waals surface area contributed by atoms with Crippen LogP contribution in [0.3, 0.4) is 0 Å². The number of carboxylic acid groups (broad SMARTS) is 1. The van der Waals surface area contributed by atoms with E-state index in [0.717, 1.165) is 0 Å². The van der Waals surface area contributed by atoms with Gasteiger partial charge in [-0.1, -0.05) is 12.1 Å². The second-order valence-electron chi connectivity index (χ2n) is 5.01. The quantitative estimate of drug-likeness (QED) is 0.837. The largest absolute Gasteiger partial charge is 0.482 e. The molecular formula is C15H18N2O5. The van der Waals surface area contributed by atoms with Gasteiger partial charge in [0.25, 0.3) is 5.91 Å². The highest BCUT2D eigenvalue weighted by atomic mass is 16.5. The van der Waals surface area contributed by atoms with Gasteiger partial charge in [-0.2, -0.15) is 0 Å². The summed E-state index contributed by atoms with van der Waals surface area (Å²) in [6.07, 6.45) is 0.0394. The number of carboxylic acids is 1. The van der Waals surface area contributed by atoms with Crippen LogP contribution in [0.25, 0.3) is 0 Å². The fraction of sp³-hybridized carbons (Fsp3) is 0.400. The van der Waals surface area contributed by atoms with Gasteiger partial charge in [0.05, 0.1) is 12.1 Å². The minimum atomic E-state index is -0.947. The van der Waals surface area contributed by atoms with Crippen LogP contribution in [0.4, 0.5) is 5.69 Å². The Kier molecular flexibility index (Phi) is 4.98. The average Bonchev–Trinajstić information content (AvgIpc) is 2.51. The topological polar surface area (TPSA) is 87.2 Å². The number of rotatable bonds is 6. The molecule has 2 amide bonds. The highest BCUT2D eigenvalue weighted by Crippen LogP contribution is 2.31. The number of hydrogen-bond acceptors (Lipinski definition) is 4. The Hall–Kier alpha value is -2.57. The summed E-state index contributed by atoms with van der Waals surface area (Å²) in [5.41, 5.74) is 0.653. The van der Waals surface area contributed by atoms with Crippen LogP contribution in [0.2, 0.25) is 0 Å². The molecule has 0 atom stereocenters. The molecule has 7 nitrogen and oxygen atoms in total. The van der Waals surface area contributed by atoms with E-state index >= 15 is 0 Å². The fourth-order valence-corrected chi connectivity index (χ4v) is 2.19. The normalized spacial score (nSPS) is 13.3. The summed E-state index contributed by atoms with van der Waals surface area (Å²) in [6, 6.07) is 7.16. The zero-order valence-electron chi connectivity index (χ0n) is 12.3. The number of amides is 2. The number of fused-ring (bicyclic) bond motifs is 1. The number of carbonyl (C=O) groups excluding carboxylic acids is 2. The van der Waals surface area contributed by atoms with Crippen molar-refractivity contribution in [2.45, 2.75) is 12.8 Å². The van der Waals surface area contributed by atoms with Crippen LogP contribution >= 0.6 is 0 Å². The second-order valence-corrected chi connectivity index (χ2v) is 5.01. The summed E-state index contributed by atoms with van der Waals surface area (Å²) in [7, 11) is 1.56. The maximum Gasteiger partial charge on any atom is 0.305 e. The van der Waals surface area contributed by atoms with Gasteiger partial charge in [-0.15, -0.1) is 0 Å². The summed E-state index contributed by atoms with van der Waals surface area (Å²) >= 11 is 0. The lowest BCUT2D eigenvalue weighted by Crippen LogP contribution is -2.41. The molecule has 0 aromatic heterocycles. The van der Waals surface area contributed by atoms with Crippen LogP contribution < -0.4 is 9.64 Å². The van der Waals surface area contributed by atoms with Crippen molar-refractivity contribution in [3.63, 3.8) is 0 Å². The fourth-order valence-electron chi connectivity index (χ4n) is 2.19. The van der Waals surface area contributed by atoms with Crippen LogP contribution in [0, 0.1) is 0 Å². The van der Waals surface area contributed by atoms with Gasteiger partial charge in [-0.25, -0.2) is 0 Å². The average molecular weight is 306 g/mol. The van der Waals surface area contributed by atoms with E-state index in [9.17, 15) is 14.4 Å². The molecule has 0 bridgehead atoms. The molecule has 0 saturated carbocycles. The minimum absolute atomic E-state index is 0.0416. The molecule has 1 aromatic carbocycles. The van der Waals surface area contributed by atoms with E-state index in [4.69, 9.17) is 9.84 Å². The number of aliphatic carboxylic acids is 1. The Balaban J connectivity index is 1.95. The summed E-state index contributed by atoms with van der Waals surface area (Å²) in [5.74, 6) is -0.719. The zero-order chi connectivity index (χ0) is 16.1. The molecule has 7 heteroatoms. The summed E-state index contributed by atoms with van der Waals surface area (Å²) in [4.78, 5) is 37.3. The lowest BCUT2D eigenvalue weighted by Gasteiger charge is -2.29. The molecule has 22 heavy (non-hydrogen) atoms. The van der Waals surface area contributed by atoms with Crippen molar-refractivity contribution in [3.05, 3.63) is 24.3 Å². The third-order valence-electron chi connectivity index (χ3n) is 3.44. The van der Waals surface area contributed by atoms with Gasteiger partial charge in [0.15, 0.2) is 6.61 Å². The van der Waals surface area contributed by atoms with E-state index in [2.05, 4.69) is 0 Å². The molecule has 0 fully saturated rings. The maximum atomic E-state index is 12.0. The first kappa shape index (κ1) is 15.8. The minimum Gasteiger partial charge on any atom is -0.482 e. The second kappa shape index (κ2) is 6.93. The van der Waals surface area contributed by atoms with Crippen LogP contribution in [0.5, 0.6) is 5.75 Å². The monoisotopic (exact) mass is 306 g/mol. The first-order valence-electron chi connectivity index (χ1n) is 6.97. The van der Waals surface area contributed by atoms with Gasteiger partial charge in [0.1, 0.15) is 5.75 Å². The molecular weight excluding hydrogens is 288 g/mol. The molecule has 118 valence electrons. The number of ether oxygens (including phenoxy) is 1. The van der Waals surface area contributed by atoms with E-state index in [-0.39, 0.29) is 44.4 Å². The molecule has 0 spiro atoms. The van der Waals surface area contributed by atoms with E-state index < -0.39 is 5.97 Å². The predicted molar refractivity (Wildman–Crippen MR) is 78.8 cm³/mol. The van der Waals surface area contributed by atoms with Crippen molar-refractivity contribution in [2.75, 3.05) is 31.6 Å². The molecule has 1 aliphatic rings.